The van der Waals surface area contributed by atoms with E-state index in [0.29, 0.717) is 17.1 Å². The second-order valence-electron chi connectivity index (χ2n) is 3.80. The van der Waals surface area contributed by atoms with Gasteiger partial charge < -0.3 is 10.1 Å². The van der Waals surface area contributed by atoms with Crippen molar-refractivity contribution in [3.63, 3.8) is 0 Å². The van der Waals surface area contributed by atoms with Crippen molar-refractivity contribution in [2.45, 2.75) is 19.4 Å². The fourth-order valence-electron chi connectivity index (χ4n) is 1.50. The second-order valence-corrected chi connectivity index (χ2v) is 4.65. The van der Waals surface area contributed by atoms with Crippen molar-refractivity contribution in [2.75, 3.05) is 20.3 Å². The van der Waals surface area contributed by atoms with Crippen LogP contribution >= 0.6 is 15.9 Å². The molecule has 0 spiro atoms. The molecule has 1 aromatic rings. The molecule has 1 N–H and O–H groups in total. The summed E-state index contributed by atoms with van der Waals surface area (Å²) < 4.78 is 18.7. The van der Waals surface area contributed by atoms with Crippen LogP contribution in [0.3, 0.4) is 0 Å². The molecule has 0 fully saturated rings. The Bertz CT molecular complexity index is 333. The first kappa shape index (κ1) is 13.6. The molecular formula is C12H17BrFNO. The number of benzene rings is 1. The molecule has 0 amide bonds. The quantitative estimate of drug-likeness (QED) is 0.813. The van der Waals surface area contributed by atoms with E-state index in [0.717, 1.165) is 18.5 Å². The minimum atomic E-state index is -0.207. The van der Waals surface area contributed by atoms with Crippen molar-refractivity contribution in [1.82, 2.24) is 5.32 Å². The molecule has 0 saturated heterocycles. The summed E-state index contributed by atoms with van der Waals surface area (Å²) in [6.45, 7) is 3.59. The molecule has 0 aromatic heterocycles. The molecule has 0 heterocycles. The number of hydrogen-bond acceptors (Lipinski definition) is 2. The van der Waals surface area contributed by atoms with Gasteiger partial charge in [-0.05, 0) is 47.0 Å². The van der Waals surface area contributed by atoms with E-state index < -0.39 is 0 Å². The summed E-state index contributed by atoms with van der Waals surface area (Å²) >= 11 is 3.14. The number of rotatable bonds is 6. The van der Waals surface area contributed by atoms with Gasteiger partial charge in [0.25, 0.3) is 0 Å². The van der Waals surface area contributed by atoms with Crippen LogP contribution in [0.2, 0.25) is 0 Å². The Kier molecular flexibility index (Phi) is 5.95. The molecule has 4 heteroatoms. The minimum absolute atomic E-state index is 0.207. The summed E-state index contributed by atoms with van der Waals surface area (Å²) in [5.41, 5.74) is 0.998. The summed E-state index contributed by atoms with van der Waals surface area (Å²) in [5.74, 6) is -0.207. The van der Waals surface area contributed by atoms with Gasteiger partial charge in [0.2, 0.25) is 0 Å². The zero-order valence-electron chi connectivity index (χ0n) is 9.59. The Hall–Kier alpha value is -0.450. The first-order valence-electron chi connectivity index (χ1n) is 5.29. The third-order valence-corrected chi connectivity index (χ3v) is 2.97. The van der Waals surface area contributed by atoms with Gasteiger partial charge in [0.05, 0.1) is 11.1 Å². The van der Waals surface area contributed by atoms with E-state index in [1.807, 2.05) is 6.07 Å². The van der Waals surface area contributed by atoms with E-state index in [9.17, 15) is 4.39 Å². The van der Waals surface area contributed by atoms with Crippen molar-refractivity contribution in [3.8, 4) is 0 Å². The van der Waals surface area contributed by atoms with Crippen LogP contribution in [0.4, 0.5) is 4.39 Å². The topological polar surface area (TPSA) is 21.3 Å². The zero-order valence-corrected chi connectivity index (χ0v) is 11.2. The number of nitrogens with one attached hydrogen (secondary N) is 1. The van der Waals surface area contributed by atoms with Crippen LogP contribution in [0.5, 0.6) is 0 Å². The first-order valence-corrected chi connectivity index (χ1v) is 6.09. The van der Waals surface area contributed by atoms with Crippen molar-refractivity contribution in [2.24, 2.45) is 0 Å². The molecule has 16 heavy (non-hydrogen) atoms. The average molecular weight is 290 g/mol. The standard InChI is InChI=1S/C12H17BrFNO/c1-9(15-5-6-16-2)7-10-3-4-11(13)12(14)8-10/h3-4,8-9,15H,5-7H2,1-2H3. The molecule has 2 nitrogen and oxygen atoms in total. The van der Waals surface area contributed by atoms with Gasteiger partial charge in [-0.15, -0.1) is 0 Å². The molecule has 0 aliphatic rings. The molecule has 1 aromatic carbocycles. The SMILES string of the molecule is COCCNC(C)Cc1ccc(Br)c(F)c1. The van der Waals surface area contributed by atoms with Gasteiger partial charge in [-0.3, -0.25) is 0 Å². The van der Waals surface area contributed by atoms with E-state index in [4.69, 9.17) is 4.74 Å². The highest BCUT2D eigenvalue weighted by Gasteiger charge is 2.05. The smallest absolute Gasteiger partial charge is 0.137 e. The van der Waals surface area contributed by atoms with Gasteiger partial charge in [-0.2, -0.15) is 0 Å². The Morgan fingerprint density at radius 3 is 2.88 bits per heavy atom. The lowest BCUT2D eigenvalue weighted by Gasteiger charge is -2.13. The van der Waals surface area contributed by atoms with Crippen LogP contribution < -0.4 is 5.32 Å². The van der Waals surface area contributed by atoms with E-state index in [1.165, 1.54) is 0 Å². The van der Waals surface area contributed by atoms with Crippen molar-refractivity contribution >= 4 is 15.9 Å². The first-order chi connectivity index (χ1) is 7.63. The van der Waals surface area contributed by atoms with Crippen LogP contribution in [0.1, 0.15) is 12.5 Å². The van der Waals surface area contributed by atoms with Crippen LogP contribution in [0.15, 0.2) is 22.7 Å². The van der Waals surface area contributed by atoms with Gasteiger partial charge in [0.1, 0.15) is 5.82 Å². The lowest BCUT2D eigenvalue weighted by Crippen LogP contribution is -2.30. The highest BCUT2D eigenvalue weighted by Crippen LogP contribution is 2.17. The zero-order chi connectivity index (χ0) is 12.0. The molecule has 0 aliphatic carbocycles. The lowest BCUT2D eigenvalue weighted by atomic mass is 10.1. The van der Waals surface area contributed by atoms with Crippen molar-refractivity contribution in [1.29, 1.82) is 0 Å². The Labute approximate surface area is 104 Å². The van der Waals surface area contributed by atoms with Gasteiger partial charge in [-0.1, -0.05) is 6.07 Å². The summed E-state index contributed by atoms with van der Waals surface area (Å²) in [7, 11) is 1.68. The fourth-order valence-corrected chi connectivity index (χ4v) is 1.75. The summed E-state index contributed by atoms with van der Waals surface area (Å²) in [5, 5.41) is 3.31. The number of halogens is 2. The molecule has 0 bridgehead atoms. The highest BCUT2D eigenvalue weighted by atomic mass is 79.9. The normalized spacial score (nSPS) is 12.8. The molecule has 90 valence electrons. The van der Waals surface area contributed by atoms with Gasteiger partial charge in [0, 0.05) is 19.7 Å². The molecule has 0 aliphatic heterocycles. The second kappa shape index (κ2) is 6.99. The lowest BCUT2D eigenvalue weighted by molar-refractivity contribution is 0.196. The third-order valence-electron chi connectivity index (χ3n) is 2.32. The highest BCUT2D eigenvalue weighted by molar-refractivity contribution is 9.10. The van der Waals surface area contributed by atoms with Crippen molar-refractivity contribution < 1.29 is 9.13 Å². The molecule has 0 radical (unpaired) electrons. The molecular weight excluding hydrogens is 273 g/mol. The maximum absolute atomic E-state index is 13.2. The van der Waals surface area contributed by atoms with Crippen LogP contribution in [-0.2, 0) is 11.2 Å². The average Bonchev–Trinajstić information content (AvgIpc) is 2.24. The van der Waals surface area contributed by atoms with Crippen LogP contribution in [0, 0.1) is 5.82 Å². The maximum Gasteiger partial charge on any atom is 0.137 e. The van der Waals surface area contributed by atoms with E-state index in [-0.39, 0.29) is 5.82 Å². The monoisotopic (exact) mass is 289 g/mol. The Morgan fingerprint density at radius 1 is 1.50 bits per heavy atom. The summed E-state index contributed by atoms with van der Waals surface area (Å²) in [6.07, 6.45) is 0.813. The van der Waals surface area contributed by atoms with Gasteiger partial charge in [-0.25, -0.2) is 4.39 Å². The Morgan fingerprint density at radius 2 is 2.25 bits per heavy atom. The number of methoxy groups -OCH3 is 1. The van der Waals surface area contributed by atoms with E-state index >= 15 is 0 Å². The van der Waals surface area contributed by atoms with Crippen molar-refractivity contribution in [3.05, 3.63) is 34.1 Å². The predicted molar refractivity (Wildman–Crippen MR) is 67.1 cm³/mol. The largest absolute Gasteiger partial charge is 0.383 e. The van der Waals surface area contributed by atoms with E-state index in [2.05, 4.69) is 28.2 Å². The van der Waals surface area contributed by atoms with Gasteiger partial charge >= 0.3 is 0 Å². The van der Waals surface area contributed by atoms with Crippen LogP contribution in [0.25, 0.3) is 0 Å². The molecule has 1 unspecified atom stereocenters. The molecule has 1 rings (SSSR count). The number of ether oxygens (including phenoxy) is 1. The minimum Gasteiger partial charge on any atom is -0.383 e. The van der Waals surface area contributed by atoms with Gasteiger partial charge in [0.15, 0.2) is 0 Å². The Balaban J connectivity index is 2.43. The fraction of sp³-hybridized carbons (Fsp3) is 0.500. The van der Waals surface area contributed by atoms with E-state index in [1.54, 1.807) is 19.2 Å². The summed E-state index contributed by atoms with van der Waals surface area (Å²) in [6, 6.07) is 5.56. The maximum atomic E-state index is 13.2. The molecule has 0 saturated carbocycles. The third kappa shape index (κ3) is 4.60. The summed E-state index contributed by atoms with van der Waals surface area (Å²) in [4.78, 5) is 0. The van der Waals surface area contributed by atoms with Crippen LogP contribution in [-0.4, -0.2) is 26.3 Å². The predicted octanol–water partition coefficient (Wildman–Crippen LogP) is 2.76. The molecule has 1 atom stereocenters. The number of hydrogen-bond donors (Lipinski definition) is 1.